The van der Waals surface area contributed by atoms with Gasteiger partial charge in [0, 0.05) is 5.69 Å². The van der Waals surface area contributed by atoms with Crippen LogP contribution in [0.1, 0.15) is 25.8 Å². The second-order valence-corrected chi connectivity index (χ2v) is 5.02. The predicted molar refractivity (Wildman–Crippen MR) is 76.9 cm³/mol. The van der Waals surface area contributed by atoms with Crippen molar-refractivity contribution in [2.75, 3.05) is 12.0 Å². The van der Waals surface area contributed by atoms with Gasteiger partial charge >= 0.3 is 0 Å². The molecule has 0 bridgehead atoms. The number of hydrogen-bond donors (Lipinski definition) is 1. The Bertz CT molecular complexity index is 542. The van der Waals surface area contributed by atoms with Crippen LogP contribution >= 0.6 is 0 Å². The van der Waals surface area contributed by atoms with Gasteiger partial charge in [-0.2, -0.15) is 0 Å². The summed E-state index contributed by atoms with van der Waals surface area (Å²) in [4.78, 5) is 26.0. The van der Waals surface area contributed by atoms with Crippen LogP contribution in [0.3, 0.4) is 0 Å². The first-order valence-electron chi connectivity index (χ1n) is 6.77. The molecular formula is C15H20N2O3. The van der Waals surface area contributed by atoms with Crippen molar-refractivity contribution in [2.24, 2.45) is 0 Å². The van der Waals surface area contributed by atoms with E-state index in [2.05, 4.69) is 5.32 Å². The van der Waals surface area contributed by atoms with E-state index in [-0.39, 0.29) is 11.8 Å². The van der Waals surface area contributed by atoms with Gasteiger partial charge in [-0.15, -0.1) is 0 Å². The Hall–Kier alpha value is -2.04. The molecular weight excluding hydrogens is 256 g/mol. The average molecular weight is 276 g/mol. The minimum atomic E-state index is -0.493. The molecule has 1 fully saturated rings. The van der Waals surface area contributed by atoms with Gasteiger partial charge in [-0.1, -0.05) is 6.92 Å². The number of methoxy groups -OCH3 is 1. The maximum absolute atomic E-state index is 12.4. The molecule has 2 rings (SSSR count). The number of nitrogens with zero attached hydrogens (tertiary/aromatic N) is 1. The number of carbonyl (C=O) groups excluding carboxylic acids is 2. The number of nitrogens with one attached hydrogen (secondary N) is 1. The smallest absolute Gasteiger partial charge is 0.250 e. The van der Waals surface area contributed by atoms with Crippen LogP contribution < -0.4 is 15.0 Å². The predicted octanol–water partition coefficient (Wildman–Crippen LogP) is 1.63. The maximum atomic E-state index is 12.4. The van der Waals surface area contributed by atoms with Crippen molar-refractivity contribution >= 4 is 17.5 Å². The molecule has 0 spiro atoms. The van der Waals surface area contributed by atoms with Crippen molar-refractivity contribution in [1.29, 1.82) is 0 Å². The van der Waals surface area contributed by atoms with E-state index in [9.17, 15) is 9.59 Å². The molecule has 2 amide bonds. The fourth-order valence-electron chi connectivity index (χ4n) is 2.54. The molecule has 1 heterocycles. The monoisotopic (exact) mass is 276 g/mol. The molecule has 20 heavy (non-hydrogen) atoms. The third kappa shape index (κ3) is 2.35. The summed E-state index contributed by atoms with van der Waals surface area (Å²) < 4.78 is 5.23. The Morgan fingerprint density at radius 2 is 2.05 bits per heavy atom. The highest BCUT2D eigenvalue weighted by molar-refractivity contribution is 6.08. The second kappa shape index (κ2) is 5.53. The van der Waals surface area contributed by atoms with Gasteiger partial charge in [-0.05, 0) is 44.0 Å². The lowest BCUT2D eigenvalue weighted by molar-refractivity contribution is -0.133. The summed E-state index contributed by atoms with van der Waals surface area (Å²) in [5, 5.41) is 2.71. The van der Waals surface area contributed by atoms with E-state index in [1.165, 1.54) is 0 Å². The molecule has 5 nitrogen and oxygen atoms in total. The maximum Gasteiger partial charge on any atom is 0.250 e. The lowest BCUT2D eigenvalue weighted by Crippen LogP contribution is -2.62. The summed E-state index contributed by atoms with van der Waals surface area (Å²) in [5.74, 6) is 0.581. The third-order valence-electron chi connectivity index (χ3n) is 3.62. The van der Waals surface area contributed by atoms with E-state index in [1.54, 1.807) is 18.9 Å². The summed E-state index contributed by atoms with van der Waals surface area (Å²) in [7, 11) is 1.61. The zero-order chi connectivity index (χ0) is 14.9. The van der Waals surface area contributed by atoms with Crippen molar-refractivity contribution in [3.8, 4) is 5.75 Å². The van der Waals surface area contributed by atoms with Gasteiger partial charge in [0.25, 0.3) is 0 Å². The Balaban J connectivity index is 2.43. The minimum Gasteiger partial charge on any atom is -0.496 e. The van der Waals surface area contributed by atoms with Crippen molar-refractivity contribution < 1.29 is 14.3 Å². The van der Waals surface area contributed by atoms with Gasteiger partial charge in [0.15, 0.2) is 0 Å². The highest BCUT2D eigenvalue weighted by Gasteiger charge is 2.38. The number of piperazine rings is 1. The van der Waals surface area contributed by atoms with Crippen molar-refractivity contribution in [1.82, 2.24) is 5.32 Å². The topological polar surface area (TPSA) is 58.6 Å². The zero-order valence-electron chi connectivity index (χ0n) is 12.3. The zero-order valence-corrected chi connectivity index (χ0v) is 12.3. The van der Waals surface area contributed by atoms with Crippen LogP contribution in [-0.4, -0.2) is 31.0 Å². The molecule has 108 valence electrons. The quantitative estimate of drug-likeness (QED) is 0.913. The molecule has 1 aromatic carbocycles. The van der Waals surface area contributed by atoms with Crippen LogP contribution in [0.25, 0.3) is 0 Å². The van der Waals surface area contributed by atoms with Crippen LogP contribution in [0.2, 0.25) is 0 Å². The van der Waals surface area contributed by atoms with E-state index in [4.69, 9.17) is 4.74 Å². The highest BCUT2D eigenvalue weighted by Crippen LogP contribution is 2.28. The average Bonchev–Trinajstić information content (AvgIpc) is 2.42. The van der Waals surface area contributed by atoms with Crippen molar-refractivity contribution in [3.05, 3.63) is 23.8 Å². The molecule has 1 aromatic rings. The second-order valence-electron chi connectivity index (χ2n) is 5.02. The van der Waals surface area contributed by atoms with Crippen LogP contribution in [0.4, 0.5) is 5.69 Å². The van der Waals surface area contributed by atoms with Crippen molar-refractivity contribution in [3.63, 3.8) is 0 Å². The fourth-order valence-corrected chi connectivity index (χ4v) is 2.54. The first-order chi connectivity index (χ1) is 9.49. The number of benzene rings is 1. The Labute approximate surface area is 118 Å². The molecule has 1 saturated heterocycles. The molecule has 1 aliphatic heterocycles. The first kappa shape index (κ1) is 14.4. The number of rotatable bonds is 3. The van der Waals surface area contributed by atoms with Gasteiger partial charge in [0.2, 0.25) is 11.8 Å². The molecule has 5 heteroatoms. The largest absolute Gasteiger partial charge is 0.496 e. The molecule has 1 N–H and O–H groups in total. The Morgan fingerprint density at radius 1 is 1.35 bits per heavy atom. The fraction of sp³-hybridized carbons (Fsp3) is 0.467. The molecule has 1 aliphatic rings. The van der Waals surface area contributed by atoms with Crippen LogP contribution in [-0.2, 0) is 9.59 Å². The standard InChI is InChI=1S/C15H20N2O3/c1-5-12-14(18)16-10(3)15(19)17(12)11-6-7-13(20-4)9(2)8-11/h6-8,10,12H,5H2,1-4H3,(H,16,18). The summed E-state index contributed by atoms with van der Waals surface area (Å²) in [6.07, 6.45) is 0.579. The SMILES string of the molecule is CCC1C(=O)NC(C)C(=O)N1c1ccc(OC)c(C)c1. The number of anilines is 1. The molecule has 0 radical (unpaired) electrons. The van der Waals surface area contributed by atoms with Gasteiger partial charge in [-0.3, -0.25) is 14.5 Å². The number of carbonyl (C=O) groups is 2. The third-order valence-corrected chi connectivity index (χ3v) is 3.62. The normalized spacial score (nSPS) is 22.7. The van der Waals surface area contributed by atoms with Gasteiger partial charge in [0.1, 0.15) is 17.8 Å². The van der Waals surface area contributed by atoms with E-state index in [1.807, 2.05) is 32.0 Å². The molecule has 0 saturated carbocycles. The van der Waals surface area contributed by atoms with Crippen LogP contribution in [0.5, 0.6) is 5.75 Å². The Kier molecular flexibility index (Phi) is 3.97. The molecule has 0 aromatic heterocycles. The number of amides is 2. The van der Waals surface area contributed by atoms with Crippen LogP contribution in [0, 0.1) is 6.92 Å². The number of aryl methyl sites for hydroxylation is 1. The van der Waals surface area contributed by atoms with Gasteiger partial charge in [-0.25, -0.2) is 0 Å². The Morgan fingerprint density at radius 3 is 2.60 bits per heavy atom. The van der Waals surface area contributed by atoms with E-state index >= 15 is 0 Å². The lowest BCUT2D eigenvalue weighted by atomic mass is 10.0. The van der Waals surface area contributed by atoms with E-state index < -0.39 is 12.1 Å². The van der Waals surface area contributed by atoms with E-state index in [0.29, 0.717) is 6.42 Å². The summed E-state index contributed by atoms with van der Waals surface area (Å²) >= 11 is 0. The van der Waals surface area contributed by atoms with Crippen molar-refractivity contribution in [2.45, 2.75) is 39.3 Å². The summed E-state index contributed by atoms with van der Waals surface area (Å²) in [6.45, 7) is 5.52. The lowest BCUT2D eigenvalue weighted by Gasteiger charge is -2.37. The summed E-state index contributed by atoms with van der Waals surface area (Å²) in [6, 6.07) is 4.57. The van der Waals surface area contributed by atoms with Gasteiger partial charge < -0.3 is 10.1 Å². The number of ether oxygens (including phenoxy) is 1. The van der Waals surface area contributed by atoms with Crippen LogP contribution in [0.15, 0.2) is 18.2 Å². The van der Waals surface area contributed by atoms with Gasteiger partial charge in [0.05, 0.1) is 7.11 Å². The molecule has 2 unspecified atom stereocenters. The highest BCUT2D eigenvalue weighted by atomic mass is 16.5. The summed E-state index contributed by atoms with van der Waals surface area (Å²) in [5.41, 5.74) is 1.67. The number of hydrogen-bond acceptors (Lipinski definition) is 3. The molecule has 0 aliphatic carbocycles. The van der Waals surface area contributed by atoms with E-state index in [0.717, 1.165) is 17.0 Å². The minimum absolute atomic E-state index is 0.0824. The molecule has 2 atom stereocenters. The first-order valence-corrected chi connectivity index (χ1v) is 6.77.